The highest BCUT2D eigenvalue weighted by molar-refractivity contribution is 5.94. The van der Waals surface area contributed by atoms with Gasteiger partial charge in [0.25, 0.3) is 5.91 Å². The highest BCUT2D eigenvalue weighted by atomic mass is 19.1. The van der Waals surface area contributed by atoms with E-state index in [1.54, 1.807) is 15.8 Å². The quantitative estimate of drug-likeness (QED) is 0.897. The molecule has 3 rings (SSSR count). The first kappa shape index (κ1) is 19.0. The molecule has 1 N–H and O–H groups in total. The monoisotopic (exact) mass is 373 g/mol. The Morgan fingerprint density at radius 1 is 1.15 bits per heavy atom. The van der Waals surface area contributed by atoms with E-state index in [2.05, 4.69) is 15.6 Å². The smallest absolute Gasteiger partial charge is 0.276 e. The summed E-state index contributed by atoms with van der Waals surface area (Å²) in [5, 5.41) is 10.8. The lowest BCUT2D eigenvalue weighted by molar-refractivity contribution is -0.121. The second kappa shape index (κ2) is 7.46. The van der Waals surface area contributed by atoms with Crippen molar-refractivity contribution in [1.29, 1.82) is 0 Å². The third kappa shape index (κ3) is 4.50. The van der Waals surface area contributed by atoms with Crippen LogP contribution >= 0.6 is 0 Å². The molecule has 1 aromatic carbocycles. The van der Waals surface area contributed by atoms with Crippen LogP contribution in [0.1, 0.15) is 44.1 Å². The van der Waals surface area contributed by atoms with E-state index in [1.807, 2.05) is 20.8 Å². The molecule has 1 aliphatic heterocycles. The molecule has 2 amide bonds. The molecule has 1 saturated heterocycles. The molecule has 8 heteroatoms. The van der Waals surface area contributed by atoms with Gasteiger partial charge in [-0.2, -0.15) is 0 Å². The van der Waals surface area contributed by atoms with Gasteiger partial charge in [-0.25, -0.2) is 9.07 Å². The summed E-state index contributed by atoms with van der Waals surface area (Å²) in [6.45, 7) is 6.94. The Morgan fingerprint density at radius 3 is 2.33 bits per heavy atom. The Balaban J connectivity index is 1.55. The largest absolute Gasteiger partial charge is 0.337 e. The molecular weight excluding hydrogens is 349 g/mol. The Hall–Kier alpha value is -2.77. The molecule has 0 bridgehead atoms. The lowest BCUT2D eigenvalue weighted by Crippen LogP contribution is -2.41. The van der Waals surface area contributed by atoms with Crippen LogP contribution in [0.5, 0.6) is 0 Å². The molecule has 2 heterocycles. The number of piperidine rings is 1. The number of aromatic nitrogens is 3. The maximum absolute atomic E-state index is 12.9. The summed E-state index contributed by atoms with van der Waals surface area (Å²) in [6, 6.07) is 5.68. The number of likely N-dealkylation sites (tertiary alicyclic amines) is 1. The molecule has 0 saturated carbocycles. The fourth-order valence-corrected chi connectivity index (χ4v) is 2.97. The number of carbonyl (C=O) groups excluding carboxylic acids is 2. The van der Waals surface area contributed by atoms with Crippen molar-refractivity contribution in [1.82, 2.24) is 19.9 Å². The number of nitrogens with zero attached hydrogens (tertiary/aromatic N) is 4. The lowest BCUT2D eigenvalue weighted by Gasteiger charge is -2.30. The molecule has 1 fully saturated rings. The van der Waals surface area contributed by atoms with Gasteiger partial charge < -0.3 is 10.2 Å². The Morgan fingerprint density at radius 2 is 1.78 bits per heavy atom. The molecule has 7 nitrogen and oxygen atoms in total. The van der Waals surface area contributed by atoms with Gasteiger partial charge in [0.2, 0.25) is 5.91 Å². The molecule has 0 radical (unpaired) electrons. The normalized spacial score (nSPS) is 15.6. The molecule has 0 aliphatic carbocycles. The fraction of sp³-hybridized carbons (Fsp3) is 0.474. The van der Waals surface area contributed by atoms with Gasteiger partial charge in [-0.15, -0.1) is 5.10 Å². The molecule has 0 atom stereocenters. The van der Waals surface area contributed by atoms with E-state index in [9.17, 15) is 14.0 Å². The molecule has 2 aromatic rings. The number of hydrogen-bond donors (Lipinski definition) is 1. The number of amides is 2. The SMILES string of the molecule is CC(C)(C)n1cc(C(=O)N2CCC(C(=O)Nc3ccc(F)cc3)CC2)nn1. The number of halogens is 1. The van der Waals surface area contributed by atoms with Gasteiger partial charge >= 0.3 is 0 Å². The van der Waals surface area contributed by atoms with E-state index in [0.29, 0.717) is 37.3 Å². The number of benzene rings is 1. The van der Waals surface area contributed by atoms with Crippen LogP contribution in [0.3, 0.4) is 0 Å². The minimum Gasteiger partial charge on any atom is -0.337 e. The summed E-state index contributed by atoms with van der Waals surface area (Å²) in [5.74, 6) is -0.789. The van der Waals surface area contributed by atoms with Crippen molar-refractivity contribution >= 4 is 17.5 Å². The highest BCUT2D eigenvalue weighted by Gasteiger charge is 2.29. The van der Waals surface area contributed by atoms with E-state index >= 15 is 0 Å². The van der Waals surface area contributed by atoms with Gasteiger partial charge in [-0.3, -0.25) is 9.59 Å². The van der Waals surface area contributed by atoms with Gasteiger partial charge in [0, 0.05) is 24.7 Å². The van der Waals surface area contributed by atoms with E-state index < -0.39 is 0 Å². The third-order valence-corrected chi connectivity index (χ3v) is 4.66. The predicted molar refractivity (Wildman–Crippen MR) is 98.7 cm³/mol. The van der Waals surface area contributed by atoms with Crippen LogP contribution in [0, 0.1) is 11.7 Å². The standard InChI is InChI=1S/C19H24FN5O2/c1-19(2,3)25-12-16(22-23-25)18(27)24-10-8-13(9-11-24)17(26)21-15-6-4-14(20)5-7-15/h4-7,12-13H,8-11H2,1-3H3,(H,21,26). The van der Waals surface area contributed by atoms with E-state index in [0.717, 1.165) is 0 Å². The Labute approximate surface area is 157 Å². The summed E-state index contributed by atoms with van der Waals surface area (Å²) in [7, 11) is 0. The fourth-order valence-electron chi connectivity index (χ4n) is 2.97. The average molecular weight is 373 g/mol. The summed E-state index contributed by atoms with van der Waals surface area (Å²) >= 11 is 0. The van der Waals surface area contributed by atoms with Crippen LogP contribution in [-0.4, -0.2) is 44.8 Å². The first-order chi connectivity index (χ1) is 12.7. The summed E-state index contributed by atoms with van der Waals surface area (Å²) in [4.78, 5) is 26.7. The van der Waals surface area contributed by atoms with Crippen molar-refractivity contribution in [3.63, 3.8) is 0 Å². The van der Waals surface area contributed by atoms with Crippen LogP contribution in [0.25, 0.3) is 0 Å². The molecular formula is C19H24FN5O2. The van der Waals surface area contributed by atoms with Gasteiger partial charge in [0.05, 0.1) is 11.7 Å². The van der Waals surface area contributed by atoms with Crippen molar-refractivity contribution in [2.24, 2.45) is 5.92 Å². The molecule has 1 aliphatic rings. The van der Waals surface area contributed by atoms with Gasteiger partial charge in [0.15, 0.2) is 5.69 Å². The third-order valence-electron chi connectivity index (χ3n) is 4.66. The van der Waals surface area contributed by atoms with Gasteiger partial charge in [-0.1, -0.05) is 5.21 Å². The van der Waals surface area contributed by atoms with Crippen LogP contribution < -0.4 is 5.32 Å². The van der Waals surface area contributed by atoms with Crippen molar-refractivity contribution in [3.05, 3.63) is 42.0 Å². The maximum Gasteiger partial charge on any atom is 0.276 e. The van der Waals surface area contributed by atoms with Gasteiger partial charge in [-0.05, 0) is 57.9 Å². The Kier molecular flexibility index (Phi) is 5.25. The summed E-state index contributed by atoms with van der Waals surface area (Å²) < 4.78 is 14.6. The number of nitrogens with one attached hydrogen (secondary N) is 1. The zero-order valence-corrected chi connectivity index (χ0v) is 15.8. The number of carbonyl (C=O) groups is 2. The molecule has 144 valence electrons. The van der Waals surface area contributed by atoms with Crippen LogP contribution in [0.4, 0.5) is 10.1 Å². The molecule has 0 unspecified atom stereocenters. The first-order valence-electron chi connectivity index (χ1n) is 9.02. The van der Waals surface area contributed by atoms with E-state index in [1.165, 1.54) is 24.3 Å². The van der Waals surface area contributed by atoms with Crippen molar-refractivity contribution < 1.29 is 14.0 Å². The molecule has 27 heavy (non-hydrogen) atoms. The van der Waals surface area contributed by atoms with E-state index in [4.69, 9.17) is 0 Å². The zero-order chi connectivity index (χ0) is 19.6. The minimum absolute atomic E-state index is 0.104. The highest BCUT2D eigenvalue weighted by Crippen LogP contribution is 2.21. The predicted octanol–water partition coefficient (Wildman–Crippen LogP) is 2.66. The first-order valence-corrected chi connectivity index (χ1v) is 9.02. The number of rotatable bonds is 3. The second-order valence-corrected chi connectivity index (χ2v) is 7.78. The zero-order valence-electron chi connectivity index (χ0n) is 15.8. The average Bonchev–Trinajstić information content (AvgIpc) is 3.14. The minimum atomic E-state index is -0.344. The molecule has 0 spiro atoms. The lowest BCUT2D eigenvalue weighted by atomic mass is 9.95. The van der Waals surface area contributed by atoms with Crippen molar-refractivity contribution in [2.45, 2.75) is 39.2 Å². The van der Waals surface area contributed by atoms with Crippen LogP contribution in [0.2, 0.25) is 0 Å². The maximum atomic E-state index is 12.9. The van der Waals surface area contributed by atoms with Crippen LogP contribution in [-0.2, 0) is 10.3 Å². The molecule has 1 aromatic heterocycles. The number of hydrogen-bond acceptors (Lipinski definition) is 4. The van der Waals surface area contributed by atoms with Crippen LogP contribution in [0.15, 0.2) is 30.5 Å². The number of anilines is 1. The second-order valence-electron chi connectivity index (χ2n) is 7.78. The van der Waals surface area contributed by atoms with Crippen molar-refractivity contribution in [3.8, 4) is 0 Å². The Bertz CT molecular complexity index is 817. The van der Waals surface area contributed by atoms with Crippen molar-refractivity contribution in [2.75, 3.05) is 18.4 Å². The summed E-state index contributed by atoms with van der Waals surface area (Å²) in [6.07, 6.45) is 2.81. The topological polar surface area (TPSA) is 80.1 Å². The van der Waals surface area contributed by atoms with E-state index in [-0.39, 0.29) is 29.1 Å². The summed E-state index contributed by atoms with van der Waals surface area (Å²) in [5.41, 5.74) is 0.648. The van der Waals surface area contributed by atoms with Gasteiger partial charge in [0.1, 0.15) is 5.82 Å².